The Hall–Kier alpha value is -1.55. The molecule has 2 aliphatic carbocycles. The number of benzene rings is 1. The van der Waals surface area contributed by atoms with Gasteiger partial charge < -0.3 is 14.8 Å². The van der Waals surface area contributed by atoms with Gasteiger partial charge in [0.15, 0.2) is 0 Å². The van der Waals surface area contributed by atoms with Crippen molar-refractivity contribution in [1.82, 2.24) is 5.32 Å². The number of rotatable bonds is 6. The van der Waals surface area contributed by atoms with Gasteiger partial charge in [0.2, 0.25) is 5.91 Å². The minimum atomic E-state index is -0.442. The molecule has 24 heavy (non-hydrogen) atoms. The SMILES string of the molecule is COCC1(NC(=O)[C@]2(c3ccc(OC)cc3)CC2(C)C)CCCC1. The smallest absolute Gasteiger partial charge is 0.231 e. The number of hydrogen-bond donors (Lipinski definition) is 1. The zero-order valence-electron chi connectivity index (χ0n) is 15.3. The maximum Gasteiger partial charge on any atom is 0.231 e. The summed E-state index contributed by atoms with van der Waals surface area (Å²) in [5.74, 6) is 0.969. The van der Waals surface area contributed by atoms with E-state index >= 15 is 0 Å². The Morgan fingerprint density at radius 2 is 1.71 bits per heavy atom. The predicted octanol–water partition coefficient (Wildman–Crippen LogP) is 3.44. The maximum absolute atomic E-state index is 13.3. The standard InChI is InChI=1S/C20H29NO3/c1-18(2)13-20(18,15-7-9-16(24-4)10-8-15)17(22)21-19(14-23-3)11-5-6-12-19/h7-10H,5-6,11-14H2,1-4H3,(H,21,22)/t20-/m1/s1. The second-order valence-electron chi connectivity index (χ2n) is 8.07. The molecule has 1 aromatic rings. The van der Waals surface area contributed by atoms with E-state index in [1.165, 1.54) is 0 Å². The molecule has 1 atom stereocenters. The summed E-state index contributed by atoms with van der Waals surface area (Å²) in [4.78, 5) is 13.3. The van der Waals surface area contributed by atoms with Gasteiger partial charge in [-0.1, -0.05) is 38.8 Å². The predicted molar refractivity (Wildman–Crippen MR) is 94.3 cm³/mol. The lowest BCUT2D eigenvalue weighted by molar-refractivity contribution is -0.127. The monoisotopic (exact) mass is 331 g/mol. The number of carbonyl (C=O) groups is 1. The molecule has 4 heteroatoms. The van der Waals surface area contributed by atoms with Crippen molar-refractivity contribution in [2.24, 2.45) is 5.41 Å². The number of methoxy groups -OCH3 is 2. The van der Waals surface area contributed by atoms with Gasteiger partial charge in [-0.25, -0.2) is 0 Å². The Balaban J connectivity index is 1.86. The summed E-state index contributed by atoms with van der Waals surface area (Å²) in [6.07, 6.45) is 5.20. The minimum absolute atomic E-state index is 0.0292. The number of hydrogen-bond acceptors (Lipinski definition) is 3. The van der Waals surface area contributed by atoms with Gasteiger partial charge in [0.25, 0.3) is 0 Å². The zero-order chi connectivity index (χ0) is 17.4. The van der Waals surface area contributed by atoms with Crippen LogP contribution in [0.3, 0.4) is 0 Å². The molecule has 2 saturated carbocycles. The van der Waals surface area contributed by atoms with Crippen molar-refractivity contribution in [3.63, 3.8) is 0 Å². The van der Waals surface area contributed by atoms with E-state index in [2.05, 4.69) is 19.2 Å². The maximum atomic E-state index is 13.3. The zero-order valence-corrected chi connectivity index (χ0v) is 15.3. The van der Waals surface area contributed by atoms with Gasteiger partial charge in [-0.05, 0) is 42.4 Å². The number of amides is 1. The lowest BCUT2D eigenvalue weighted by atomic mass is 9.85. The summed E-state index contributed by atoms with van der Waals surface area (Å²) in [6.45, 7) is 4.95. The topological polar surface area (TPSA) is 47.6 Å². The first-order chi connectivity index (χ1) is 11.4. The first-order valence-corrected chi connectivity index (χ1v) is 8.85. The van der Waals surface area contributed by atoms with Gasteiger partial charge in [-0.15, -0.1) is 0 Å². The Labute approximate surface area is 144 Å². The van der Waals surface area contributed by atoms with Crippen LogP contribution in [-0.2, 0) is 14.9 Å². The van der Waals surface area contributed by atoms with Crippen molar-refractivity contribution >= 4 is 5.91 Å². The molecule has 0 aromatic heterocycles. The van der Waals surface area contributed by atoms with Crippen LogP contribution in [0.1, 0.15) is 51.5 Å². The quantitative estimate of drug-likeness (QED) is 0.868. The molecule has 1 N–H and O–H groups in total. The van der Waals surface area contributed by atoms with Crippen LogP contribution in [-0.4, -0.2) is 32.3 Å². The van der Waals surface area contributed by atoms with Gasteiger partial charge in [0, 0.05) is 7.11 Å². The van der Waals surface area contributed by atoms with Gasteiger partial charge in [0.1, 0.15) is 5.75 Å². The highest BCUT2D eigenvalue weighted by atomic mass is 16.5. The third kappa shape index (κ3) is 2.71. The molecule has 3 rings (SSSR count). The lowest BCUT2D eigenvalue weighted by Gasteiger charge is -2.33. The summed E-state index contributed by atoms with van der Waals surface area (Å²) < 4.78 is 10.7. The van der Waals surface area contributed by atoms with E-state index in [1.807, 2.05) is 24.3 Å². The fourth-order valence-electron chi connectivity index (χ4n) is 4.49. The van der Waals surface area contributed by atoms with Crippen LogP contribution < -0.4 is 10.1 Å². The molecule has 0 aliphatic heterocycles. The molecular weight excluding hydrogens is 302 g/mol. The Morgan fingerprint density at radius 1 is 1.12 bits per heavy atom. The molecule has 0 saturated heterocycles. The molecule has 0 radical (unpaired) electrons. The number of carbonyl (C=O) groups excluding carboxylic acids is 1. The molecule has 1 amide bonds. The van der Waals surface area contributed by atoms with Crippen LogP contribution in [0.5, 0.6) is 5.75 Å². The molecule has 0 unspecified atom stereocenters. The lowest BCUT2D eigenvalue weighted by Crippen LogP contribution is -2.53. The van der Waals surface area contributed by atoms with E-state index in [4.69, 9.17) is 9.47 Å². The first-order valence-electron chi connectivity index (χ1n) is 8.85. The first kappa shape index (κ1) is 17.3. The highest BCUT2D eigenvalue weighted by Crippen LogP contribution is 2.64. The average molecular weight is 331 g/mol. The molecule has 0 heterocycles. The third-order valence-electron chi connectivity index (χ3n) is 6.07. The van der Waals surface area contributed by atoms with Crippen molar-refractivity contribution in [3.8, 4) is 5.75 Å². The van der Waals surface area contributed by atoms with Crippen molar-refractivity contribution in [2.45, 2.75) is 56.9 Å². The minimum Gasteiger partial charge on any atom is -0.497 e. The molecule has 0 bridgehead atoms. The van der Waals surface area contributed by atoms with E-state index in [1.54, 1.807) is 14.2 Å². The van der Waals surface area contributed by atoms with Crippen LogP contribution in [0.4, 0.5) is 0 Å². The van der Waals surface area contributed by atoms with Crippen molar-refractivity contribution in [2.75, 3.05) is 20.8 Å². The van der Waals surface area contributed by atoms with E-state index in [9.17, 15) is 4.79 Å². The number of nitrogens with one attached hydrogen (secondary N) is 1. The molecular formula is C20H29NO3. The fourth-order valence-corrected chi connectivity index (χ4v) is 4.49. The van der Waals surface area contributed by atoms with Crippen LogP contribution >= 0.6 is 0 Å². The molecule has 0 spiro atoms. The molecule has 2 aliphatic rings. The van der Waals surface area contributed by atoms with Crippen LogP contribution in [0.2, 0.25) is 0 Å². The Kier molecular flexibility index (Phi) is 4.37. The Bertz CT molecular complexity index is 602. The largest absolute Gasteiger partial charge is 0.497 e. The fraction of sp³-hybridized carbons (Fsp3) is 0.650. The summed E-state index contributed by atoms with van der Waals surface area (Å²) in [5, 5.41) is 3.38. The van der Waals surface area contributed by atoms with Crippen LogP contribution in [0, 0.1) is 5.41 Å². The highest BCUT2D eigenvalue weighted by Gasteiger charge is 2.67. The van der Waals surface area contributed by atoms with Gasteiger partial charge >= 0.3 is 0 Å². The van der Waals surface area contributed by atoms with Gasteiger partial charge in [-0.3, -0.25) is 4.79 Å². The second-order valence-corrected chi connectivity index (χ2v) is 8.07. The summed E-state index contributed by atoms with van der Waals surface area (Å²) in [6, 6.07) is 7.95. The van der Waals surface area contributed by atoms with Crippen molar-refractivity contribution in [1.29, 1.82) is 0 Å². The van der Waals surface area contributed by atoms with E-state index < -0.39 is 5.41 Å². The molecule has 2 fully saturated rings. The van der Waals surface area contributed by atoms with Crippen LogP contribution in [0.25, 0.3) is 0 Å². The summed E-state index contributed by atoms with van der Waals surface area (Å²) >= 11 is 0. The Morgan fingerprint density at radius 3 is 2.17 bits per heavy atom. The van der Waals surface area contributed by atoms with Gasteiger partial charge in [0.05, 0.1) is 24.7 Å². The normalized spacial score (nSPS) is 26.8. The molecule has 132 valence electrons. The summed E-state index contributed by atoms with van der Waals surface area (Å²) in [5.41, 5.74) is 0.418. The average Bonchev–Trinajstić information content (AvgIpc) is 2.90. The van der Waals surface area contributed by atoms with Crippen molar-refractivity contribution < 1.29 is 14.3 Å². The van der Waals surface area contributed by atoms with E-state index in [-0.39, 0.29) is 16.9 Å². The summed E-state index contributed by atoms with van der Waals surface area (Å²) in [7, 11) is 3.37. The van der Waals surface area contributed by atoms with Gasteiger partial charge in [-0.2, -0.15) is 0 Å². The van der Waals surface area contributed by atoms with Crippen LogP contribution in [0.15, 0.2) is 24.3 Å². The molecule has 1 aromatic carbocycles. The van der Waals surface area contributed by atoms with Crippen molar-refractivity contribution in [3.05, 3.63) is 29.8 Å². The highest BCUT2D eigenvalue weighted by molar-refractivity contribution is 5.93. The van der Waals surface area contributed by atoms with E-state index in [0.717, 1.165) is 43.4 Å². The van der Waals surface area contributed by atoms with E-state index in [0.29, 0.717) is 6.61 Å². The number of ether oxygens (including phenoxy) is 2. The molecule has 4 nitrogen and oxygen atoms in total. The third-order valence-corrected chi connectivity index (χ3v) is 6.07. The second kappa shape index (κ2) is 6.07.